The molecule has 0 spiro atoms. The Hall–Kier alpha value is -4.90. The Bertz CT molecular complexity index is 1590. The van der Waals surface area contributed by atoms with Gasteiger partial charge in [-0.05, 0) is 72.7 Å². The van der Waals surface area contributed by atoms with Crippen LogP contribution in [0.3, 0.4) is 0 Å². The number of nitrogens with one attached hydrogen (secondary N) is 4. The number of hydrogen-bond acceptors (Lipinski definition) is 7. The van der Waals surface area contributed by atoms with E-state index in [-0.39, 0.29) is 37.9 Å². The van der Waals surface area contributed by atoms with Crippen molar-refractivity contribution in [3.8, 4) is 16.9 Å². The number of ether oxygens (including phenoxy) is 2. The van der Waals surface area contributed by atoms with Crippen molar-refractivity contribution in [2.45, 2.75) is 57.8 Å². The van der Waals surface area contributed by atoms with Crippen LogP contribution in [0.5, 0.6) is 5.75 Å². The van der Waals surface area contributed by atoms with E-state index >= 15 is 0 Å². The molecule has 0 unspecified atom stereocenters. The molecule has 1 atom stereocenters. The number of hydrogen-bond donors (Lipinski definition) is 4. The lowest BCUT2D eigenvalue weighted by molar-refractivity contribution is -0.142. The van der Waals surface area contributed by atoms with Crippen LogP contribution in [0.15, 0.2) is 66.7 Å². The van der Waals surface area contributed by atoms with E-state index in [0.717, 1.165) is 33.5 Å². The lowest BCUT2D eigenvalue weighted by Crippen LogP contribution is -2.51. The molecular formula is C35H41N5O6. The third-order valence-corrected chi connectivity index (χ3v) is 8.21. The molecule has 0 saturated carbocycles. The summed E-state index contributed by atoms with van der Waals surface area (Å²) in [5.41, 5.74) is 4.86. The van der Waals surface area contributed by atoms with Crippen molar-refractivity contribution in [3.63, 3.8) is 0 Å². The highest BCUT2D eigenvalue weighted by atomic mass is 16.5. The smallest absolute Gasteiger partial charge is 0.325 e. The van der Waals surface area contributed by atoms with E-state index in [9.17, 15) is 19.2 Å². The van der Waals surface area contributed by atoms with Crippen LogP contribution >= 0.6 is 0 Å². The number of aryl methyl sites for hydroxylation is 1. The van der Waals surface area contributed by atoms with E-state index < -0.39 is 23.6 Å². The third-order valence-electron chi connectivity index (χ3n) is 8.21. The van der Waals surface area contributed by atoms with Crippen molar-refractivity contribution in [3.05, 3.63) is 83.4 Å². The molecule has 46 heavy (non-hydrogen) atoms. The normalized spacial score (nSPS) is 19.6. The minimum atomic E-state index is -0.706. The fourth-order valence-corrected chi connectivity index (χ4v) is 5.81. The molecule has 11 nitrogen and oxygen atoms in total. The lowest BCUT2D eigenvalue weighted by Gasteiger charge is -2.29. The lowest BCUT2D eigenvalue weighted by atomic mass is 9.98. The maximum atomic E-state index is 14.1. The highest BCUT2D eigenvalue weighted by Crippen LogP contribution is 2.32. The molecule has 0 aromatic heterocycles. The average molecular weight is 628 g/mol. The van der Waals surface area contributed by atoms with Gasteiger partial charge in [0.2, 0.25) is 11.8 Å². The van der Waals surface area contributed by atoms with Crippen molar-refractivity contribution < 1.29 is 28.7 Å². The molecule has 11 heteroatoms. The van der Waals surface area contributed by atoms with Crippen molar-refractivity contribution in [1.82, 2.24) is 21.3 Å². The van der Waals surface area contributed by atoms with Gasteiger partial charge in [-0.15, -0.1) is 0 Å². The predicted molar refractivity (Wildman–Crippen MR) is 174 cm³/mol. The van der Waals surface area contributed by atoms with Gasteiger partial charge in [-0.1, -0.05) is 48.5 Å². The topological polar surface area (TPSA) is 138 Å². The Morgan fingerprint density at radius 3 is 2.46 bits per heavy atom. The van der Waals surface area contributed by atoms with Crippen LogP contribution in [-0.4, -0.2) is 62.2 Å². The highest BCUT2D eigenvalue weighted by molar-refractivity contribution is 6.00. The molecule has 0 saturated heterocycles. The van der Waals surface area contributed by atoms with E-state index in [1.54, 1.807) is 12.0 Å². The van der Waals surface area contributed by atoms with E-state index in [2.05, 4.69) is 21.3 Å². The number of methoxy groups -OCH3 is 1. The summed E-state index contributed by atoms with van der Waals surface area (Å²) in [5.74, 6) is -0.304. The van der Waals surface area contributed by atoms with E-state index in [1.807, 2.05) is 80.6 Å². The number of fused-ring (bicyclic) bond motifs is 16. The highest BCUT2D eigenvalue weighted by Gasteiger charge is 2.33. The molecule has 3 aliphatic heterocycles. The van der Waals surface area contributed by atoms with Gasteiger partial charge in [-0.2, -0.15) is 0 Å². The molecular weight excluding hydrogens is 586 g/mol. The largest absolute Gasteiger partial charge is 0.497 e. The zero-order valence-electron chi connectivity index (χ0n) is 26.5. The average Bonchev–Trinajstić information content (AvgIpc) is 3.16. The zero-order valence-corrected chi connectivity index (χ0v) is 26.5. The van der Waals surface area contributed by atoms with E-state index in [4.69, 9.17) is 9.47 Å². The third kappa shape index (κ3) is 8.22. The summed E-state index contributed by atoms with van der Waals surface area (Å²) < 4.78 is 10.7. The molecule has 3 aliphatic rings. The Morgan fingerprint density at radius 2 is 1.67 bits per heavy atom. The molecule has 0 radical (unpaired) electrons. The molecule has 4 N–H and O–H groups in total. The summed E-state index contributed by atoms with van der Waals surface area (Å²) >= 11 is 0. The van der Waals surface area contributed by atoms with Gasteiger partial charge in [0.25, 0.3) is 0 Å². The number of benzene rings is 3. The number of carbonyl (C=O) groups is 4. The Balaban J connectivity index is 1.45. The monoisotopic (exact) mass is 627 g/mol. The van der Waals surface area contributed by atoms with Gasteiger partial charge in [-0.3, -0.25) is 14.4 Å². The van der Waals surface area contributed by atoms with Crippen LogP contribution in [0.4, 0.5) is 10.5 Å². The van der Waals surface area contributed by atoms with E-state index in [1.165, 1.54) is 0 Å². The van der Waals surface area contributed by atoms with E-state index in [0.29, 0.717) is 31.7 Å². The number of esters is 1. The van der Waals surface area contributed by atoms with Crippen LogP contribution in [0.25, 0.3) is 11.1 Å². The SMILES string of the molecule is COc1ccc2c(c1)CC[C@H]1NC(=O)CC(C)(C)NCCOC(=O)CNC(=O)NCc3ccccc3-c3ccc(cc3)CN2C1=O. The van der Waals surface area contributed by atoms with Gasteiger partial charge in [0, 0.05) is 30.7 Å². The Kier molecular flexibility index (Phi) is 10.2. The second kappa shape index (κ2) is 14.5. The first-order valence-electron chi connectivity index (χ1n) is 15.5. The van der Waals surface area contributed by atoms with Crippen LogP contribution in [0.1, 0.15) is 43.4 Å². The summed E-state index contributed by atoms with van der Waals surface area (Å²) in [6.45, 7) is 4.42. The maximum absolute atomic E-state index is 14.1. The van der Waals surface area contributed by atoms with Crippen molar-refractivity contribution in [2.24, 2.45) is 0 Å². The summed E-state index contributed by atoms with van der Waals surface area (Å²) in [7, 11) is 1.61. The fourth-order valence-electron chi connectivity index (χ4n) is 5.81. The Morgan fingerprint density at radius 1 is 0.913 bits per heavy atom. The predicted octanol–water partition coefficient (Wildman–Crippen LogP) is 3.44. The minimum Gasteiger partial charge on any atom is -0.497 e. The van der Waals surface area contributed by atoms with Crippen molar-refractivity contribution in [2.75, 3.05) is 31.7 Å². The summed E-state index contributed by atoms with van der Waals surface area (Å²) in [4.78, 5) is 53.7. The molecule has 4 amide bonds. The van der Waals surface area contributed by atoms with Gasteiger partial charge in [0.15, 0.2) is 0 Å². The van der Waals surface area contributed by atoms with Crippen molar-refractivity contribution in [1.29, 1.82) is 0 Å². The number of nitrogens with zero attached hydrogens (tertiary/aromatic N) is 1. The molecule has 4 bridgehead atoms. The fraction of sp³-hybridized carbons (Fsp3) is 0.371. The molecule has 3 heterocycles. The molecule has 242 valence electrons. The molecule has 0 fully saturated rings. The number of urea groups is 1. The Labute approximate surface area is 269 Å². The first-order valence-corrected chi connectivity index (χ1v) is 15.5. The number of amides is 4. The van der Waals surface area contributed by atoms with Gasteiger partial charge in [0.1, 0.15) is 24.9 Å². The van der Waals surface area contributed by atoms with Gasteiger partial charge < -0.3 is 35.6 Å². The van der Waals surface area contributed by atoms with Crippen molar-refractivity contribution >= 4 is 29.5 Å². The zero-order chi connectivity index (χ0) is 32.7. The van der Waals surface area contributed by atoms with Crippen LogP contribution in [-0.2, 0) is 38.6 Å². The molecule has 3 aromatic rings. The molecule has 6 rings (SSSR count). The minimum absolute atomic E-state index is 0.0663. The van der Waals surface area contributed by atoms with Gasteiger partial charge >= 0.3 is 12.0 Å². The summed E-state index contributed by atoms with van der Waals surface area (Å²) in [5, 5.41) is 11.6. The number of carbonyl (C=O) groups excluding carboxylic acids is 4. The maximum Gasteiger partial charge on any atom is 0.325 e. The molecule has 0 aliphatic carbocycles. The summed E-state index contributed by atoms with van der Waals surface area (Å²) in [6.07, 6.45) is 1.15. The second-order valence-corrected chi connectivity index (χ2v) is 12.2. The van der Waals surface area contributed by atoms with Crippen LogP contribution < -0.4 is 30.9 Å². The second-order valence-electron chi connectivity index (χ2n) is 12.2. The standard InChI is InChI=1S/C35H41N5O6/c1-35(2)19-31(41)39-29-14-12-25-18-27(45-3)13-15-30(25)40(33(29)43)22-23-8-10-24(11-9-23)28-7-5-4-6-26(28)20-36-34(44)37-21-32(42)46-17-16-38-35/h4-11,13,15,18,29,38H,12,14,16-17,19-22H2,1-3H3,(H,39,41)(H2,36,37,44)/t29-/m1/s1. The quantitative estimate of drug-likeness (QED) is 0.240. The first kappa shape index (κ1) is 32.5. The summed E-state index contributed by atoms with van der Waals surface area (Å²) in [6, 6.07) is 20.2. The first-order chi connectivity index (χ1) is 22.1. The van der Waals surface area contributed by atoms with Gasteiger partial charge in [-0.25, -0.2) is 4.79 Å². The number of anilines is 1. The van der Waals surface area contributed by atoms with Crippen LogP contribution in [0, 0.1) is 0 Å². The molecule has 3 aromatic carbocycles. The van der Waals surface area contributed by atoms with Gasteiger partial charge in [0.05, 0.1) is 13.7 Å². The number of rotatable bonds is 1. The van der Waals surface area contributed by atoms with Crippen LogP contribution in [0.2, 0.25) is 0 Å².